The average Bonchev–Trinajstić information content (AvgIpc) is 2.15. The molecule has 5 heteroatoms. The third-order valence-corrected chi connectivity index (χ3v) is 1.63. The Labute approximate surface area is 86.7 Å². The Morgan fingerprint density at radius 2 is 2.29 bits per heavy atom. The van der Waals surface area contributed by atoms with Crippen LogP contribution in [0.5, 0.6) is 0 Å². The first-order chi connectivity index (χ1) is 6.61. The highest BCUT2D eigenvalue weighted by Crippen LogP contribution is 2.14. The van der Waals surface area contributed by atoms with E-state index in [9.17, 15) is 4.79 Å². The molecule has 0 spiro atoms. The van der Waals surface area contributed by atoms with E-state index < -0.39 is 5.97 Å². The molecular formula is C9H10ClNO3. The lowest BCUT2D eigenvalue weighted by atomic mass is 10.3. The van der Waals surface area contributed by atoms with Gasteiger partial charge in [0.1, 0.15) is 0 Å². The van der Waals surface area contributed by atoms with Gasteiger partial charge in [-0.3, -0.25) is 9.87 Å². The number of halogens is 1. The van der Waals surface area contributed by atoms with Gasteiger partial charge in [-0.15, -0.1) is 0 Å². The molecule has 0 N–H and O–H groups in total. The van der Waals surface area contributed by atoms with Crippen molar-refractivity contribution >= 4 is 17.6 Å². The normalized spacial score (nSPS) is 10.3. The summed E-state index contributed by atoms with van der Waals surface area (Å²) in [5.74, 6) is -0.642. The molecule has 0 fully saturated rings. The smallest absolute Gasteiger partial charge is 0.292 e. The first kappa shape index (κ1) is 10.9. The molecule has 1 aromatic heterocycles. The molecule has 4 nitrogen and oxygen atoms in total. The maximum atomic E-state index is 11.3. The van der Waals surface area contributed by atoms with Crippen molar-refractivity contribution in [2.24, 2.45) is 0 Å². The molecule has 1 rings (SSSR count). The van der Waals surface area contributed by atoms with Crippen LogP contribution < -0.4 is 0 Å². The van der Waals surface area contributed by atoms with Crippen molar-refractivity contribution in [1.82, 2.24) is 4.98 Å². The number of carbonyl (C=O) groups excluding carboxylic acids is 1. The number of pyridine rings is 1. The van der Waals surface area contributed by atoms with Gasteiger partial charge >= 0.3 is 5.97 Å². The van der Waals surface area contributed by atoms with Crippen LogP contribution in [0.4, 0.5) is 0 Å². The molecule has 0 unspecified atom stereocenters. The summed E-state index contributed by atoms with van der Waals surface area (Å²) < 4.78 is 0. The first-order valence-corrected chi connectivity index (χ1v) is 4.46. The highest BCUT2D eigenvalue weighted by atomic mass is 35.5. The van der Waals surface area contributed by atoms with Crippen LogP contribution in [0.3, 0.4) is 0 Å². The van der Waals surface area contributed by atoms with Crippen LogP contribution in [0.15, 0.2) is 18.5 Å². The molecule has 0 saturated carbocycles. The van der Waals surface area contributed by atoms with Gasteiger partial charge in [0.2, 0.25) is 0 Å². The van der Waals surface area contributed by atoms with E-state index in [1.807, 2.05) is 0 Å². The zero-order valence-corrected chi connectivity index (χ0v) is 8.62. The van der Waals surface area contributed by atoms with Crippen molar-refractivity contribution in [3.8, 4) is 0 Å². The lowest BCUT2D eigenvalue weighted by molar-refractivity contribution is -0.265. The number of hydrogen-bond acceptors (Lipinski definition) is 4. The van der Waals surface area contributed by atoms with Crippen LogP contribution in [-0.4, -0.2) is 17.1 Å². The fourth-order valence-corrected chi connectivity index (χ4v) is 0.895. The van der Waals surface area contributed by atoms with Gasteiger partial charge in [-0.2, -0.15) is 4.89 Å². The summed E-state index contributed by atoms with van der Waals surface area (Å²) in [4.78, 5) is 24.2. The van der Waals surface area contributed by atoms with Crippen LogP contribution in [0.2, 0.25) is 5.02 Å². The molecule has 0 aliphatic carbocycles. The quantitative estimate of drug-likeness (QED) is 0.573. The molecule has 0 aliphatic rings. The molecule has 0 aliphatic heterocycles. The van der Waals surface area contributed by atoms with Gasteiger partial charge in [-0.1, -0.05) is 11.6 Å². The van der Waals surface area contributed by atoms with Crippen molar-refractivity contribution in [2.75, 3.05) is 0 Å². The zero-order valence-electron chi connectivity index (χ0n) is 7.86. The van der Waals surface area contributed by atoms with E-state index in [0.29, 0.717) is 0 Å². The SMILES string of the molecule is CC(C)OOC(=O)c1cnccc1Cl. The summed E-state index contributed by atoms with van der Waals surface area (Å²) in [6.07, 6.45) is 2.63. The maximum Gasteiger partial charge on any atom is 0.376 e. The van der Waals surface area contributed by atoms with Gasteiger partial charge < -0.3 is 0 Å². The van der Waals surface area contributed by atoms with Gasteiger partial charge in [0.05, 0.1) is 16.7 Å². The molecule has 0 saturated heterocycles. The fraction of sp³-hybridized carbons (Fsp3) is 0.333. The predicted molar refractivity (Wildman–Crippen MR) is 50.9 cm³/mol. The van der Waals surface area contributed by atoms with Gasteiger partial charge in [-0.05, 0) is 19.9 Å². The Kier molecular flexibility index (Phi) is 3.85. The Balaban J connectivity index is 2.65. The van der Waals surface area contributed by atoms with Crippen molar-refractivity contribution < 1.29 is 14.6 Å². The Morgan fingerprint density at radius 1 is 1.57 bits per heavy atom. The molecule has 0 radical (unpaired) electrons. The van der Waals surface area contributed by atoms with Crippen LogP contribution in [-0.2, 0) is 9.78 Å². The Morgan fingerprint density at radius 3 is 2.86 bits per heavy atom. The summed E-state index contributed by atoms with van der Waals surface area (Å²) >= 11 is 5.74. The highest BCUT2D eigenvalue weighted by Gasteiger charge is 2.13. The molecule has 1 aromatic rings. The van der Waals surface area contributed by atoms with E-state index in [2.05, 4.69) is 14.8 Å². The van der Waals surface area contributed by atoms with Crippen LogP contribution >= 0.6 is 11.6 Å². The first-order valence-electron chi connectivity index (χ1n) is 4.08. The number of hydrogen-bond donors (Lipinski definition) is 0. The molecule has 0 aromatic carbocycles. The summed E-state index contributed by atoms with van der Waals surface area (Å²) in [5, 5.41) is 0.289. The van der Waals surface area contributed by atoms with E-state index in [-0.39, 0.29) is 16.7 Å². The van der Waals surface area contributed by atoms with Crippen LogP contribution in [0.1, 0.15) is 24.2 Å². The third kappa shape index (κ3) is 2.97. The number of carbonyl (C=O) groups is 1. The minimum atomic E-state index is -0.642. The minimum Gasteiger partial charge on any atom is -0.292 e. The molecule has 0 bridgehead atoms. The average molecular weight is 216 g/mol. The van der Waals surface area contributed by atoms with Crippen LogP contribution in [0.25, 0.3) is 0 Å². The van der Waals surface area contributed by atoms with Gasteiger partial charge in [0.15, 0.2) is 0 Å². The summed E-state index contributed by atoms with van der Waals surface area (Å²) in [5.41, 5.74) is 0.190. The lowest BCUT2D eigenvalue weighted by Crippen LogP contribution is -2.11. The second kappa shape index (κ2) is 4.93. The molecule has 76 valence electrons. The number of rotatable bonds is 3. The van der Waals surface area contributed by atoms with E-state index in [4.69, 9.17) is 11.6 Å². The number of aromatic nitrogens is 1. The summed E-state index contributed by atoms with van der Waals surface area (Å²) in [7, 11) is 0. The fourth-order valence-electron chi connectivity index (χ4n) is 0.713. The minimum absolute atomic E-state index is 0.186. The van der Waals surface area contributed by atoms with Crippen molar-refractivity contribution in [1.29, 1.82) is 0 Å². The van der Waals surface area contributed by atoms with Crippen molar-refractivity contribution in [2.45, 2.75) is 20.0 Å². The lowest BCUT2D eigenvalue weighted by Gasteiger charge is -2.06. The largest absolute Gasteiger partial charge is 0.376 e. The summed E-state index contributed by atoms with van der Waals surface area (Å²) in [6.45, 7) is 3.50. The van der Waals surface area contributed by atoms with E-state index >= 15 is 0 Å². The van der Waals surface area contributed by atoms with E-state index in [0.717, 1.165) is 0 Å². The molecule has 0 amide bonds. The van der Waals surface area contributed by atoms with E-state index in [1.165, 1.54) is 18.5 Å². The van der Waals surface area contributed by atoms with Gasteiger partial charge in [-0.25, -0.2) is 4.79 Å². The highest BCUT2D eigenvalue weighted by molar-refractivity contribution is 6.33. The molecular weight excluding hydrogens is 206 g/mol. The zero-order chi connectivity index (χ0) is 10.6. The molecule has 1 heterocycles. The Hall–Kier alpha value is -1.13. The maximum absolute atomic E-state index is 11.3. The molecule has 0 atom stereocenters. The monoisotopic (exact) mass is 215 g/mol. The molecule has 14 heavy (non-hydrogen) atoms. The van der Waals surface area contributed by atoms with Crippen LogP contribution in [0, 0.1) is 0 Å². The Bertz CT molecular complexity index is 328. The van der Waals surface area contributed by atoms with E-state index in [1.54, 1.807) is 13.8 Å². The topological polar surface area (TPSA) is 48.4 Å². The second-order valence-corrected chi connectivity index (χ2v) is 3.28. The third-order valence-electron chi connectivity index (χ3n) is 1.30. The standard InChI is InChI=1S/C9H10ClNO3/c1-6(2)13-14-9(12)7-5-11-4-3-8(7)10/h3-6H,1-2H3. The summed E-state index contributed by atoms with van der Waals surface area (Å²) in [6, 6.07) is 1.51. The number of nitrogens with zero attached hydrogens (tertiary/aromatic N) is 1. The van der Waals surface area contributed by atoms with Gasteiger partial charge in [0, 0.05) is 12.4 Å². The second-order valence-electron chi connectivity index (χ2n) is 2.87. The van der Waals surface area contributed by atoms with Gasteiger partial charge in [0.25, 0.3) is 0 Å². The predicted octanol–water partition coefficient (Wildman–Crippen LogP) is 2.23. The van der Waals surface area contributed by atoms with Crippen molar-refractivity contribution in [3.63, 3.8) is 0 Å². The van der Waals surface area contributed by atoms with Crippen molar-refractivity contribution in [3.05, 3.63) is 29.0 Å².